The first kappa shape index (κ1) is 61.4. The minimum atomic E-state index is -1.61. The van der Waals surface area contributed by atoms with Crippen molar-refractivity contribution in [3.63, 3.8) is 0 Å². The maximum absolute atomic E-state index is 14.4. The Hall–Kier alpha value is -6.12. The number of carbonyl (C=O) groups excluding carboxylic acids is 3. The highest BCUT2D eigenvalue weighted by Gasteiger charge is 2.32. The number of aromatic nitrogens is 3. The highest BCUT2D eigenvalue weighted by atomic mass is 16.6. The van der Waals surface area contributed by atoms with Crippen LogP contribution in [0, 0.1) is 0 Å². The first-order valence-corrected chi connectivity index (χ1v) is 26.1. The monoisotopic (exact) mass is 1040 g/mol. The van der Waals surface area contributed by atoms with Crippen LogP contribution in [-0.2, 0) is 80.3 Å². The number of nitrogens with zero attached hydrogens (tertiary/aromatic N) is 3. The number of rotatable bonds is 15. The second kappa shape index (κ2) is 22.2. The predicted octanol–water partition coefficient (Wildman–Crippen LogP) is 11.2. The number of hydrogen-bond acceptors (Lipinski definition) is 12. The Balaban J connectivity index is 1.72. The molecule has 0 radical (unpaired) electrons. The summed E-state index contributed by atoms with van der Waals surface area (Å²) in [4.78, 5) is 84.2. The van der Waals surface area contributed by atoms with Crippen molar-refractivity contribution < 1.29 is 43.9 Å². The summed E-state index contributed by atoms with van der Waals surface area (Å²) in [6, 6.07) is 11.1. The minimum Gasteiger partial charge on any atom is -0.507 e. The van der Waals surface area contributed by atoms with Gasteiger partial charge in [0.1, 0.15) is 17.2 Å². The Morgan fingerprint density at radius 1 is 0.373 bits per heavy atom. The largest absolute Gasteiger partial charge is 0.507 e. The summed E-state index contributed by atoms with van der Waals surface area (Å²) in [6.45, 7) is 39.5. The number of esters is 3. The zero-order valence-corrected chi connectivity index (χ0v) is 48.8. The third-order valence-electron chi connectivity index (χ3n) is 13.4. The molecule has 3 atom stereocenters. The lowest BCUT2D eigenvalue weighted by Crippen LogP contribution is -2.57. The maximum Gasteiger partial charge on any atom is 0.342 e. The van der Waals surface area contributed by atoms with Gasteiger partial charge >= 0.3 is 35.0 Å². The van der Waals surface area contributed by atoms with Gasteiger partial charge in [-0.2, -0.15) is 0 Å². The average Bonchev–Trinajstić information content (AvgIpc) is 3.22. The smallest absolute Gasteiger partial charge is 0.342 e. The lowest BCUT2D eigenvalue weighted by Gasteiger charge is -2.28. The zero-order chi connectivity index (χ0) is 57.5. The quantitative estimate of drug-likeness (QED) is 0.0751. The van der Waals surface area contributed by atoms with E-state index in [1.807, 2.05) is 161 Å². The summed E-state index contributed by atoms with van der Waals surface area (Å²) >= 11 is 0. The fourth-order valence-electron chi connectivity index (χ4n) is 9.12. The second-order valence-electron chi connectivity index (χ2n) is 26.3. The van der Waals surface area contributed by atoms with Gasteiger partial charge in [0.2, 0.25) is 0 Å². The zero-order valence-electron chi connectivity index (χ0n) is 48.8. The summed E-state index contributed by atoms with van der Waals surface area (Å²) in [5.74, 6) is -1.79. The normalized spacial score (nSPS) is 14.0. The van der Waals surface area contributed by atoms with Gasteiger partial charge in [0, 0.05) is 19.3 Å². The molecule has 3 aromatic carbocycles. The molecule has 4 aromatic rings. The Morgan fingerprint density at radius 3 is 0.680 bits per heavy atom. The summed E-state index contributed by atoms with van der Waals surface area (Å²) < 4.78 is 18.8. The lowest BCUT2D eigenvalue weighted by atomic mass is 9.78. The van der Waals surface area contributed by atoms with E-state index in [1.165, 1.54) is 20.8 Å². The molecule has 0 bridgehead atoms. The Bertz CT molecular complexity index is 2510. The van der Waals surface area contributed by atoms with Crippen LogP contribution in [0.25, 0.3) is 0 Å². The number of benzene rings is 3. The van der Waals surface area contributed by atoms with Crippen molar-refractivity contribution >= 4 is 17.9 Å². The summed E-state index contributed by atoms with van der Waals surface area (Å²) in [7, 11) is 0. The SMILES string of the molecule is CC(OC(=O)CCc1cc(C(C)(C)C)c(O)c(C(C)(C)C)c1)n1c(=O)n(C(C)OC(=O)CCc2cc(C(C)(C)C)c(O)c(C(C)(C)C)c2)c(=O)n(C(C)OC(=O)CCc2cc(C(C)(C)C)c(O)c(C(C)(C)C)c2)c1=O. The molecule has 0 saturated carbocycles. The third-order valence-corrected chi connectivity index (χ3v) is 13.4. The van der Waals surface area contributed by atoms with Crippen molar-refractivity contribution in [3.8, 4) is 17.2 Å². The Morgan fingerprint density at radius 2 is 0.533 bits per heavy atom. The van der Waals surface area contributed by atoms with Gasteiger partial charge < -0.3 is 29.5 Å². The van der Waals surface area contributed by atoms with Gasteiger partial charge in [0.15, 0.2) is 18.7 Å². The first-order chi connectivity index (χ1) is 34.0. The van der Waals surface area contributed by atoms with E-state index in [0.717, 1.165) is 16.7 Å². The van der Waals surface area contributed by atoms with Crippen molar-refractivity contribution in [1.29, 1.82) is 0 Å². The maximum atomic E-state index is 14.4. The van der Waals surface area contributed by atoms with E-state index < -0.39 is 86.2 Å². The van der Waals surface area contributed by atoms with Crippen LogP contribution in [0.3, 0.4) is 0 Å². The van der Waals surface area contributed by atoms with Crippen LogP contribution in [0.5, 0.6) is 17.2 Å². The summed E-state index contributed by atoms with van der Waals surface area (Å²) in [5.41, 5.74) is 0.257. The minimum absolute atomic E-state index is 0.183. The number of carbonyl (C=O) groups is 3. The van der Waals surface area contributed by atoms with Gasteiger partial charge in [-0.05, 0) is 123 Å². The molecule has 0 amide bonds. The molecule has 3 N–H and O–H groups in total. The number of phenolic OH excluding ortho intramolecular Hbond substituents is 3. The van der Waals surface area contributed by atoms with Crippen LogP contribution in [-0.4, -0.2) is 46.9 Å². The topological polar surface area (TPSA) is 206 Å². The van der Waals surface area contributed by atoms with E-state index in [-0.39, 0.29) is 55.8 Å². The molecule has 414 valence electrons. The van der Waals surface area contributed by atoms with Crippen molar-refractivity contribution in [2.45, 2.75) is 235 Å². The van der Waals surface area contributed by atoms with E-state index in [0.29, 0.717) is 47.1 Å². The van der Waals surface area contributed by atoms with Crippen LogP contribution < -0.4 is 17.1 Å². The van der Waals surface area contributed by atoms with Crippen molar-refractivity contribution in [2.24, 2.45) is 0 Å². The van der Waals surface area contributed by atoms with Gasteiger partial charge in [0.25, 0.3) is 0 Å². The van der Waals surface area contributed by atoms with Crippen LogP contribution in [0.15, 0.2) is 50.8 Å². The molecule has 3 unspecified atom stereocenters. The van der Waals surface area contributed by atoms with E-state index in [4.69, 9.17) is 14.2 Å². The standard InChI is InChI=1S/C60H87N3O12/c1-34(73-46(64)25-22-37-28-40(55(4,5)6)49(67)41(29-37)56(7,8)9)61-52(70)62(35(2)74-47(65)26-23-38-30-42(57(10,11)12)50(68)43(31-38)58(13,14)15)54(72)63(53(61)71)36(3)75-48(66)27-24-39-32-44(59(16,17)18)51(69)45(33-39)60(19,20)21/h28-36,67-69H,22-27H2,1-21H3. The lowest BCUT2D eigenvalue weighted by molar-refractivity contribution is -0.154. The highest BCUT2D eigenvalue weighted by Crippen LogP contribution is 2.43. The number of phenols is 3. The van der Waals surface area contributed by atoms with Crippen molar-refractivity contribution in [2.75, 3.05) is 0 Å². The fourth-order valence-corrected chi connectivity index (χ4v) is 9.12. The van der Waals surface area contributed by atoms with Crippen LogP contribution in [0.2, 0.25) is 0 Å². The van der Waals surface area contributed by atoms with E-state index in [2.05, 4.69) is 0 Å². The highest BCUT2D eigenvalue weighted by molar-refractivity contribution is 5.71. The number of hydrogen-bond donors (Lipinski definition) is 3. The fraction of sp³-hybridized carbons (Fsp3) is 0.600. The number of aryl methyl sites for hydroxylation is 3. The molecule has 4 rings (SSSR count). The van der Waals surface area contributed by atoms with Crippen LogP contribution in [0.1, 0.15) is 233 Å². The van der Waals surface area contributed by atoms with Gasteiger partial charge in [-0.25, -0.2) is 28.1 Å². The summed E-state index contributed by atoms with van der Waals surface area (Å²) in [5, 5.41) is 33.7. The number of ether oxygens (including phenoxy) is 3. The van der Waals surface area contributed by atoms with Crippen molar-refractivity contribution in [1.82, 2.24) is 13.7 Å². The molecule has 0 aliphatic heterocycles. The number of aromatic hydroxyl groups is 3. The van der Waals surface area contributed by atoms with Crippen LogP contribution in [0.4, 0.5) is 0 Å². The molecule has 0 fully saturated rings. The van der Waals surface area contributed by atoms with Gasteiger partial charge in [0.05, 0.1) is 0 Å². The van der Waals surface area contributed by atoms with E-state index >= 15 is 0 Å². The van der Waals surface area contributed by atoms with Gasteiger partial charge in [-0.3, -0.25) is 14.4 Å². The van der Waals surface area contributed by atoms with Gasteiger partial charge in [-0.1, -0.05) is 161 Å². The van der Waals surface area contributed by atoms with Crippen LogP contribution >= 0.6 is 0 Å². The molecule has 15 nitrogen and oxygen atoms in total. The third kappa shape index (κ3) is 14.8. The molecule has 0 saturated heterocycles. The van der Waals surface area contributed by atoms with E-state index in [1.54, 1.807) is 0 Å². The Labute approximate surface area is 444 Å². The molecule has 75 heavy (non-hydrogen) atoms. The molecule has 0 aliphatic rings. The first-order valence-electron chi connectivity index (χ1n) is 26.1. The van der Waals surface area contributed by atoms with Gasteiger partial charge in [-0.15, -0.1) is 0 Å². The summed E-state index contributed by atoms with van der Waals surface area (Å²) in [6.07, 6.45) is -4.80. The Kier molecular flexibility index (Phi) is 18.2. The van der Waals surface area contributed by atoms with E-state index in [9.17, 15) is 44.1 Å². The molecule has 1 aromatic heterocycles. The molecular formula is C60H87N3O12. The second-order valence-corrected chi connectivity index (χ2v) is 26.3. The molecular weight excluding hydrogens is 955 g/mol. The molecule has 0 aliphatic carbocycles. The molecule has 0 spiro atoms. The predicted molar refractivity (Wildman–Crippen MR) is 293 cm³/mol. The average molecular weight is 1040 g/mol. The molecule has 1 heterocycles. The molecule has 15 heteroatoms. The van der Waals surface area contributed by atoms with Crippen molar-refractivity contribution in [3.05, 3.63) is 118 Å².